The molecular weight excluding hydrogens is 150 g/mol. The van der Waals surface area contributed by atoms with Crippen molar-refractivity contribution in [2.75, 3.05) is 6.54 Å². The van der Waals surface area contributed by atoms with Gasteiger partial charge in [-0.15, -0.1) is 6.58 Å². The van der Waals surface area contributed by atoms with Crippen LogP contribution in [-0.2, 0) is 4.79 Å². The van der Waals surface area contributed by atoms with Crippen molar-refractivity contribution in [3.63, 3.8) is 0 Å². The van der Waals surface area contributed by atoms with Gasteiger partial charge in [0.05, 0.1) is 0 Å². The minimum absolute atomic E-state index is 0.197. The summed E-state index contributed by atoms with van der Waals surface area (Å²) in [6.07, 6.45) is 5.80. The average molecular weight is 167 g/mol. The Labute approximate surface area is 74.0 Å². The summed E-state index contributed by atoms with van der Waals surface area (Å²) in [5.74, 6) is 0.197. The fourth-order valence-corrected chi connectivity index (χ4v) is 1.77. The predicted octanol–water partition coefficient (Wildman–Crippen LogP) is 1.87. The lowest BCUT2D eigenvalue weighted by Gasteiger charge is -2.35. The molecule has 0 aromatic carbocycles. The van der Waals surface area contributed by atoms with Gasteiger partial charge in [0.1, 0.15) is 0 Å². The number of hydrogen-bond donors (Lipinski definition) is 1. The van der Waals surface area contributed by atoms with E-state index in [1.807, 2.05) is 6.08 Å². The Balaban J connectivity index is 2.56. The molecule has 0 aliphatic carbocycles. The smallest absolute Gasteiger partial charge is 0.220 e. The first-order chi connectivity index (χ1) is 5.72. The third-order valence-corrected chi connectivity index (χ3v) is 2.87. The molecule has 1 atom stereocenters. The molecule has 1 aliphatic heterocycles. The molecule has 1 saturated heterocycles. The Morgan fingerprint density at radius 2 is 2.50 bits per heavy atom. The highest BCUT2D eigenvalue weighted by Crippen LogP contribution is 2.33. The highest BCUT2D eigenvalue weighted by atomic mass is 16.1. The van der Waals surface area contributed by atoms with Gasteiger partial charge in [-0.3, -0.25) is 4.79 Å². The Morgan fingerprint density at radius 3 is 2.92 bits per heavy atom. The van der Waals surface area contributed by atoms with Gasteiger partial charge in [-0.25, -0.2) is 0 Å². The van der Waals surface area contributed by atoms with Crippen LogP contribution in [0.5, 0.6) is 0 Å². The van der Waals surface area contributed by atoms with E-state index in [9.17, 15) is 4.79 Å². The van der Waals surface area contributed by atoms with Crippen LogP contribution in [0.1, 0.15) is 32.6 Å². The standard InChI is InChI=1S/C10H17NO/c1-3-6-10(4-2)7-5-9(12)11-8-10/h3H,1,4-8H2,2H3,(H,11,12). The van der Waals surface area contributed by atoms with Crippen LogP contribution >= 0.6 is 0 Å². The molecule has 12 heavy (non-hydrogen) atoms. The molecule has 2 heteroatoms. The van der Waals surface area contributed by atoms with Crippen LogP contribution in [0.4, 0.5) is 0 Å². The number of hydrogen-bond acceptors (Lipinski definition) is 1. The van der Waals surface area contributed by atoms with Crippen molar-refractivity contribution in [3.05, 3.63) is 12.7 Å². The molecule has 1 heterocycles. The summed E-state index contributed by atoms with van der Waals surface area (Å²) in [4.78, 5) is 10.9. The maximum absolute atomic E-state index is 10.9. The van der Waals surface area contributed by atoms with Gasteiger partial charge >= 0.3 is 0 Å². The summed E-state index contributed by atoms with van der Waals surface area (Å²) in [5.41, 5.74) is 0.301. The number of carbonyl (C=O) groups is 1. The first kappa shape index (κ1) is 9.30. The number of allylic oxidation sites excluding steroid dienone is 1. The van der Waals surface area contributed by atoms with Crippen LogP contribution < -0.4 is 5.32 Å². The van der Waals surface area contributed by atoms with Crippen molar-refractivity contribution in [1.82, 2.24) is 5.32 Å². The predicted molar refractivity (Wildman–Crippen MR) is 49.8 cm³/mol. The van der Waals surface area contributed by atoms with Crippen LogP contribution in [0.3, 0.4) is 0 Å². The second-order valence-electron chi connectivity index (χ2n) is 3.62. The van der Waals surface area contributed by atoms with Crippen LogP contribution in [-0.4, -0.2) is 12.5 Å². The number of rotatable bonds is 3. The van der Waals surface area contributed by atoms with Crippen LogP contribution in [0.15, 0.2) is 12.7 Å². The molecule has 68 valence electrons. The van der Waals surface area contributed by atoms with E-state index in [0.29, 0.717) is 11.8 Å². The zero-order chi connectivity index (χ0) is 9.03. The monoisotopic (exact) mass is 167 g/mol. The first-order valence-electron chi connectivity index (χ1n) is 4.60. The Hall–Kier alpha value is -0.790. The summed E-state index contributed by atoms with van der Waals surface area (Å²) in [6.45, 7) is 6.76. The van der Waals surface area contributed by atoms with Crippen LogP contribution in [0, 0.1) is 5.41 Å². The van der Waals surface area contributed by atoms with E-state index in [1.54, 1.807) is 0 Å². The quantitative estimate of drug-likeness (QED) is 0.639. The molecule has 0 saturated carbocycles. The van der Waals surface area contributed by atoms with Crippen molar-refractivity contribution >= 4 is 5.91 Å². The van der Waals surface area contributed by atoms with Gasteiger partial charge in [0.15, 0.2) is 0 Å². The highest BCUT2D eigenvalue weighted by Gasteiger charge is 2.31. The molecule has 0 radical (unpaired) electrons. The summed E-state index contributed by atoms with van der Waals surface area (Å²) in [7, 11) is 0. The molecule has 1 amide bonds. The molecule has 0 aromatic rings. The lowest BCUT2D eigenvalue weighted by molar-refractivity contribution is -0.124. The minimum Gasteiger partial charge on any atom is -0.356 e. The lowest BCUT2D eigenvalue weighted by atomic mass is 9.75. The normalized spacial score (nSPS) is 29.6. The molecule has 0 aromatic heterocycles. The van der Waals surface area contributed by atoms with Crippen molar-refractivity contribution in [1.29, 1.82) is 0 Å². The average Bonchev–Trinajstić information content (AvgIpc) is 2.10. The van der Waals surface area contributed by atoms with E-state index in [2.05, 4.69) is 18.8 Å². The molecule has 1 aliphatic rings. The maximum atomic E-state index is 10.9. The van der Waals surface area contributed by atoms with Crippen LogP contribution in [0.2, 0.25) is 0 Å². The largest absolute Gasteiger partial charge is 0.356 e. The van der Waals surface area contributed by atoms with Crippen LogP contribution in [0.25, 0.3) is 0 Å². The van der Waals surface area contributed by atoms with Crippen molar-refractivity contribution in [2.45, 2.75) is 32.6 Å². The Bertz CT molecular complexity index is 176. The fraction of sp³-hybridized carbons (Fsp3) is 0.700. The van der Waals surface area contributed by atoms with Gasteiger partial charge < -0.3 is 5.32 Å². The second-order valence-corrected chi connectivity index (χ2v) is 3.62. The summed E-state index contributed by atoms with van der Waals surface area (Å²) < 4.78 is 0. The van der Waals surface area contributed by atoms with Gasteiger partial charge in [-0.2, -0.15) is 0 Å². The van der Waals surface area contributed by atoms with Gasteiger partial charge in [-0.05, 0) is 24.7 Å². The zero-order valence-corrected chi connectivity index (χ0v) is 7.73. The fourth-order valence-electron chi connectivity index (χ4n) is 1.77. The molecule has 1 rings (SSSR count). The van der Waals surface area contributed by atoms with Gasteiger partial charge in [0.2, 0.25) is 5.91 Å². The number of piperidine rings is 1. The number of carbonyl (C=O) groups excluding carboxylic acids is 1. The molecule has 0 spiro atoms. The summed E-state index contributed by atoms with van der Waals surface area (Å²) >= 11 is 0. The lowest BCUT2D eigenvalue weighted by Crippen LogP contribution is -2.42. The van der Waals surface area contributed by atoms with Crippen molar-refractivity contribution in [2.24, 2.45) is 5.41 Å². The minimum atomic E-state index is 0.197. The molecule has 1 fully saturated rings. The van der Waals surface area contributed by atoms with Crippen molar-refractivity contribution in [3.8, 4) is 0 Å². The Morgan fingerprint density at radius 1 is 1.75 bits per heavy atom. The third kappa shape index (κ3) is 1.87. The van der Waals surface area contributed by atoms with E-state index >= 15 is 0 Å². The van der Waals surface area contributed by atoms with Crippen molar-refractivity contribution < 1.29 is 4.79 Å². The SMILES string of the molecule is C=CCC1(CC)CCC(=O)NC1. The van der Waals surface area contributed by atoms with E-state index < -0.39 is 0 Å². The zero-order valence-electron chi connectivity index (χ0n) is 7.73. The van der Waals surface area contributed by atoms with Gasteiger partial charge in [-0.1, -0.05) is 13.0 Å². The topological polar surface area (TPSA) is 29.1 Å². The molecule has 2 nitrogen and oxygen atoms in total. The molecular formula is C10H17NO. The second kappa shape index (κ2) is 3.74. The maximum Gasteiger partial charge on any atom is 0.220 e. The molecule has 0 bridgehead atoms. The van der Waals surface area contributed by atoms with E-state index in [4.69, 9.17) is 0 Å². The van der Waals surface area contributed by atoms with E-state index in [-0.39, 0.29) is 5.91 Å². The number of amides is 1. The van der Waals surface area contributed by atoms with E-state index in [1.165, 1.54) is 0 Å². The molecule has 1 unspecified atom stereocenters. The summed E-state index contributed by atoms with van der Waals surface area (Å²) in [6, 6.07) is 0. The molecule has 1 N–H and O–H groups in total. The van der Waals surface area contributed by atoms with E-state index in [0.717, 1.165) is 25.8 Å². The highest BCUT2D eigenvalue weighted by molar-refractivity contribution is 5.76. The van der Waals surface area contributed by atoms with Gasteiger partial charge in [0, 0.05) is 13.0 Å². The summed E-state index contributed by atoms with van der Waals surface area (Å²) in [5, 5.41) is 2.92. The third-order valence-electron chi connectivity index (χ3n) is 2.87. The Kier molecular flexibility index (Phi) is 2.90. The van der Waals surface area contributed by atoms with Gasteiger partial charge in [0.25, 0.3) is 0 Å². The first-order valence-corrected chi connectivity index (χ1v) is 4.60. The number of nitrogens with one attached hydrogen (secondary N) is 1.